The third-order valence-electron chi connectivity index (χ3n) is 10.3. The number of hydrogen-bond acceptors (Lipinski definition) is 3. The van der Waals surface area contributed by atoms with Crippen molar-refractivity contribution in [3.63, 3.8) is 0 Å². The van der Waals surface area contributed by atoms with E-state index >= 15 is 0 Å². The van der Waals surface area contributed by atoms with Gasteiger partial charge in [0.2, 0.25) is 0 Å². The van der Waals surface area contributed by atoms with Gasteiger partial charge in [0.25, 0.3) is 0 Å². The van der Waals surface area contributed by atoms with E-state index < -0.39 is 16.1 Å². The summed E-state index contributed by atoms with van der Waals surface area (Å²) in [5, 5.41) is 5.57. The van der Waals surface area contributed by atoms with E-state index in [1.54, 1.807) is 0 Å². The number of rotatable bonds is 9. The normalized spacial score (nSPS) is 11.6. The number of aryl methyl sites for hydroxylation is 1. The number of nitrogens with zero attached hydrogens (tertiary/aromatic N) is 2. The van der Waals surface area contributed by atoms with Gasteiger partial charge in [0.15, 0.2) is 0 Å². The van der Waals surface area contributed by atoms with Crippen molar-refractivity contribution in [2.75, 3.05) is 0 Å². The van der Waals surface area contributed by atoms with Crippen LogP contribution < -0.4 is 10.4 Å². The molecule has 4 aromatic carbocycles. The molecule has 0 aliphatic rings. The Kier molecular flexibility index (Phi) is 12.8. The van der Waals surface area contributed by atoms with Gasteiger partial charge in [-0.1, -0.05) is 144 Å². The van der Waals surface area contributed by atoms with Gasteiger partial charge in [0, 0.05) is 37.2 Å². The van der Waals surface area contributed by atoms with E-state index in [1.165, 1.54) is 65.4 Å². The average Bonchev–Trinajstić information content (AvgIpc) is 3.54. The van der Waals surface area contributed by atoms with Crippen LogP contribution in [-0.2, 0) is 26.5 Å². The van der Waals surface area contributed by atoms with E-state index in [0.717, 1.165) is 28.9 Å². The van der Waals surface area contributed by atoms with Crippen molar-refractivity contribution in [2.45, 2.75) is 71.9 Å². The third kappa shape index (κ3) is 8.59. The molecule has 7 rings (SSSR count). The SMILES string of the molecule is CC[Si](CC)(CC)c1ccc(-c2[c-]ccc(Cc3ccccc3)c2)nc1.Cc1c[c-]c(-c2ccc([Si](C)(C)C)cn2)c2sc3ccccc3c12.[Ir]. The minimum atomic E-state index is -1.35. The Hall–Kier alpha value is -3.52. The van der Waals surface area contributed by atoms with Gasteiger partial charge in [-0.2, -0.15) is 11.3 Å². The van der Waals surface area contributed by atoms with Crippen LogP contribution in [0.2, 0.25) is 37.8 Å². The van der Waals surface area contributed by atoms with Gasteiger partial charge in [-0.25, -0.2) is 0 Å². The molecule has 0 atom stereocenters. The van der Waals surface area contributed by atoms with Gasteiger partial charge in [-0.05, 0) is 49.9 Å². The maximum absolute atomic E-state index is 4.81. The van der Waals surface area contributed by atoms with Gasteiger partial charge in [-0.15, -0.1) is 58.7 Å². The maximum Gasteiger partial charge on any atom is 0.0878 e. The van der Waals surface area contributed by atoms with E-state index in [-0.39, 0.29) is 20.1 Å². The van der Waals surface area contributed by atoms with Crippen LogP contribution in [0, 0.1) is 19.1 Å². The molecule has 7 aromatic rings. The number of hydrogen-bond donors (Lipinski definition) is 0. The zero-order valence-electron chi connectivity index (χ0n) is 30.9. The molecule has 2 nitrogen and oxygen atoms in total. The molecule has 0 fully saturated rings. The van der Waals surface area contributed by atoms with Crippen molar-refractivity contribution < 1.29 is 20.1 Å². The van der Waals surface area contributed by atoms with Crippen LogP contribution >= 0.6 is 11.3 Å². The first-order chi connectivity index (χ1) is 24.2. The monoisotopic (exact) mass is 897 g/mol. The molecule has 3 heterocycles. The van der Waals surface area contributed by atoms with Gasteiger partial charge < -0.3 is 9.97 Å². The molecule has 3 aromatic heterocycles. The van der Waals surface area contributed by atoms with Crippen LogP contribution in [0.1, 0.15) is 37.5 Å². The second-order valence-electron chi connectivity index (χ2n) is 14.4. The molecule has 0 spiro atoms. The molecular weight excluding hydrogens is 849 g/mol. The summed E-state index contributed by atoms with van der Waals surface area (Å²) in [6.45, 7) is 16.3. The molecule has 0 aliphatic heterocycles. The van der Waals surface area contributed by atoms with Crippen LogP contribution in [0.25, 0.3) is 42.7 Å². The number of fused-ring (bicyclic) bond motifs is 3. The summed E-state index contributed by atoms with van der Waals surface area (Å²) in [7, 11) is -2.67. The second-order valence-corrected chi connectivity index (χ2v) is 25.8. The van der Waals surface area contributed by atoms with Gasteiger partial charge in [-0.3, -0.25) is 0 Å². The molecule has 0 N–H and O–H groups in total. The molecule has 51 heavy (non-hydrogen) atoms. The van der Waals surface area contributed by atoms with Crippen LogP contribution in [-0.4, -0.2) is 26.1 Å². The molecule has 0 aliphatic carbocycles. The van der Waals surface area contributed by atoms with Crippen molar-refractivity contribution in [1.82, 2.24) is 9.97 Å². The summed E-state index contributed by atoms with van der Waals surface area (Å²) < 4.78 is 2.62. The smallest absolute Gasteiger partial charge is 0.0878 e. The Bertz CT molecular complexity index is 2180. The van der Waals surface area contributed by atoms with Gasteiger partial charge >= 0.3 is 0 Å². The van der Waals surface area contributed by atoms with Crippen molar-refractivity contribution in [1.29, 1.82) is 0 Å². The van der Waals surface area contributed by atoms with Crippen molar-refractivity contribution in [3.8, 4) is 22.5 Å². The molecular formula is C45H48IrN2SSi2-2. The molecule has 0 amide bonds. The van der Waals surface area contributed by atoms with Crippen molar-refractivity contribution >= 4 is 58.0 Å². The fraction of sp³-hybridized carbons (Fsp3) is 0.244. The molecule has 6 heteroatoms. The second kappa shape index (κ2) is 16.9. The van der Waals surface area contributed by atoms with Gasteiger partial charge in [0.1, 0.15) is 0 Å². The Morgan fingerprint density at radius 2 is 1.33 bits per heavy atom. The van der Waals surface area contributed by atoms with Crippen LogP contribution in [0.5, 0.6) is 0 Å². The zero-order valence-corrected chi connectivity index (χ0v) is 36.1. The molecule has 0 bridgehead atoms. The predicted octanol–water partition coefficient (Wildman–Crippen LogP) is 11.6. The van der Waals surface area contributed by atoms with Crippen LogP contribution in [0.15, 0.2) is 116 Å². The molecule has 1 radical (unpaired) electrons. The van der Waals surface area contributed by atoms with Gasteiger partial charge in [0.05, 0.1) is 16.1 Å². The zero-order chi connectivity index (χ0) is 35.3. The Balaban J connectivity index is 0.000000194. The number of aromatic nitrogens is 2. The Morgan fingerprint density at radius 3 is 1.98 bits per heavy atom. The topological polar surface area (TPSA) is 25.8 Å². The molecule has 0 saturated carbocycles. The van der Waals surface area contributed by atoms with E-state index in [1.807, 2.05) is 17.4 Å². The minimum Gasteiger partial charge on any atom is -0.305 e. The third-order valence-corrected chi connectivity index (χ3v) is 19.1. The summed E-state index contributed by atoms with van der Waals surface area (Å²) in [6.07, 6.45) is 5.14. The van der Waals surface area contributed by atoms with E-state index in [0.29, 0.717) is 0 Å². The van der Waals surface area contributed by atoms with E-state index in [4.69, 9.17) is 9.97 Å². The first-order valence-electron chi connectivity index (χ1n) is 18.0. The fourth-order valence-electron chi connectivity index (χ4n) is 6.94. The number of benzene rings is 4. The Morgan fingerprint density at radius 1 is 0.686 bits per heavy atom. The fourth-order valence-corrected chi connectivity index (χ4v) is 12.8. The summed E-state index contributed by atoms with van der Waals surface area (Å²) in [5.74, 6) is 0. The summed E-state index contributed by atoms with van der Waals surface area (Å²) in [6, 6.07) is 47.4. The molecule has 0 saturated heterocycles. The maximum atomic E-state index is 4.81. The average molecular weight is 897 g/mol. The molecule has 263 valence electrons. The summed E-state index contributed by atoms with van der Waals surface area (Å²) in [5.41, 5.74) is 8.17. The van der Waals surface area contributed by atoms with E-state index in [9.17, 15) is 0 Å². The van der Waals surface area contributed by atoms with E-state index in [2.05, 4.69) is 169 Å². The van der Waals surface area contributed by atoms with Crippen molar-refractivity contribution in [2.24, 2.45) is 0 Å². The van der Waals surface area contributed by atoms with Crippen LogP contribution in [0.4, 0.5) is 0 Å². The minimum absolute atomic E-state index is 0. The molecule has 0 unspecified atom stereocenters. The summed E-state index contributed by atoms with van der Waals surface area (Å²) >= 11 is 1.84. The number of thiophene rings is 1. The standard InChI is InChI=1S/C24H28NSi.C21H20NSSi.Ir/c1-4-26(5-2,6-3)23-15-16-24(25-19-23)22-14-10-13-21(18-22)17-20-11-8-7-9-12-20;1-14-9-11-16(18-12-10-15(13-22-18)24(2,3)4)21-20(14)17-7-5-6-8-19(17)23-21;/h7-13,15-16,18-19H,4-6,17H2,1-3H3;5-10,12-13H,1-4H3;/q2*-1;. The first-order valence-corrected chi connectivity index (χ1v) is 24.9. The Labute approximate surface area is 324 Å². The predicted molar refractivity (Wildman–Crippen MR) is 224 cm³/mol. The largest absolute Gasteiger partial charge is 0.305 e. The summed E-state index contributed by atoms with van der Waals surface area (Å²) in [4.78, 5) is 9.59. The van der Waals surface area contributed by atoms with Crippen LogP contribution in [0.3, 0.4) is 0 Å². The quantitative estimate of drug-likeness (QED) is 0.107. The van der Waals surface area contributed by atoms with Crippen molar-refractivity contribution in [3.05, 3.63) is 144 Å². The number of pyridine rings is 2. The first kappa shape index (κ1) is 38.7.